The molecule has 16 heavy (non-hydrogen) atoms. The summed E-state index contributed by atoms with van der Waals surface area (Å²) in [5.41, 5.74) is 7.41. The predicted octanol–water partition coefficient (Wildman–Crippen LogP) is 3.54. The Morgan fingerprint density at radius 2 is 2.19 bits per heavy atom. The van der Waals surface area contributed by atoms with E-state index in [1.807, 2.05) is 0 Å². The van der Waals surface area contributed by atoms with Crippen molar-refractivity contribution in [2.45, 2.75) is 52.9 Å². The molecule has 0 aromatic carbocycles. The van der Waals surface area contributed by atoms with E-state index in [1.165, 1.54) is 24.3 Å². The fraction of sp³-hybridized carbons (Fsp3) is 0.769. The van der Waals surface area contributed by atoms with Crippen LogP contribution >= 0.6 is 11.3 Å². The van der Waals surface area contributed by atoms with Gasteiger partial charge in [-0.3, -0.25) is 0 Å². The molecule has 1 rings (SSSR count). The van der Waals surface area contributed by atoms with Crippen LogP contribution in [0.25, 0.3) is 0 Å². The molecule has 0 aliphatic heterocycles. The second-order valence-electron chi connectivity index (χ2n) is 4.72. The molecule has 0 aliphatic carbocycles. The van der Waals surface area contributed by atoms with E-state index in [0.717, 1.165) is 25.1 Å². The van der Waals surface area contributed by atoms with Crippen LogP contribution in [0.3, 0.4) is 0 Å². The van der Waals surface area contributed by atoms with Crippen molar-refractivity contribution in [2.75, 3.05) is 6.54 Å². The molecule has 0 aliphatic rings. The van der Waals surface area contributed by atoms with Crippen LogP contribution in [0, 0.1) is 12.3 Å². The lowest BCUT2D eigenvalue weighted by molar-refractivity contribution is 0.251. The molecule has 0 saturated carbocycles. The van der Waals surface area contributed by atoms with Gasteiger partial charge in [-0.25, -0.2) is 4.98 Å². The lowest BCUT2D eigenvalue weighted by atomic mass is 9.77. The average molecular weight is 240 g/mol. The minimum atomic E-state index is 0.278. The van der Waals surface area contributed by atoms with Gasteiger partial charge in [0.15, 0.2) is 0 Å². The number of nitrogens with zero attached hydrogens (tertiary/aromatic N) is 1. The average Bonchev–Trinajstić information content (AvgIpc) is 2.70. The molecule has 0 saturated heterocycles. The molecule has 0 amide bonds. The van der Waals surface area contributed by atoms with Gasteiger partial charge in [0.05, 0.1) is 5.01 Å². The van der Waals surface area contributed by atoms with E-state index in [9.17, 15) is 0 Å². The summed E-state index contributed by atoms with van der Waals surface area (Å²) in [7, 11) is 0. The summed E-state index contributed by atoms with van der Waals surface area (Å²) in [6.45, 7) is 7.33. The van der Waals surface area contributed by atoms with Crippen LogP contribution in [0.2, 0.25) is 0 Å². The van der Waals surface area contributed by atoms with Gasteiger partial charge >= 0.3 is 0 Å². The van der Waals surface area contributed by atoms with Crippen LogP contribution in [0.1, 0.15) is 50.2 Å². The highest BCUT2D eigenvalue weighted by molar-refractivity contribution is 7.09. The zero-order chi connectivity index (χ0) is 12.0. The van der Waals surface area contributed by atoms with Crippen molar-refractivity contribution in [3.05, 3.63) is 16.1 Å². The normalized spacial score (nSPS) is 15.0. The minimum absolute atomic E-state index is 0.278. The fourth-order valence-electron chi connectivity index (χ4n) is 2.07. The highest BCUT2D eigenvalue weighted by Crippen LogP contribution is 2.32. The molecule has 1 heterocycles. The zero-order valence-electron chi connectivity index (χ0n) is 10.8. The predicted molar refractivity (Wildman–Crippen MR) is 71.9 cm³/mol. The number of unbranched alkanes of at least 4 members (excludes halogenated alkanes) is 1. The number of aryl methyl sites for hydroxylation is 1. The van der Waals surface area contributed by atoms with Crippen LogP contribution in [-0.2, 0) is 6.42 Å². The molecule has 1 aromatic heterocycles. The number of aromatic nitrogens is 1. The third-order valence-electron chi connectivity index (χ3n) is 3.44. The second kappa shape index (κ2) is 6.36. The molecule has 0 spiro atoms. The summed E-state index contributed by atoms with van der Waals surface area (Å²) < 4.78 is 0. The van der Waals surface area contributed by atoms with E-state index >= 15 is 0 Å². The Morgan fingerprint density at radius 1 is 1.44 bits per heavy atom. The maximum Gasteiger partial charge on any atom is 0.0934 e. The van der Waals surface area contributed by atoms with E-state index in [-0.39, 0.29) is 5.41 Å². The van der Waals surface area contributed by atoms with Gasteiger partial charge < -0.3 is 5.73 Å². The summed E-state index contributed by atoms with van der Waals surface area (Å²) in [5.74, 6) is 0. The third kappa shape index (κ3) is 3.56. The number of hydrogen-bond acceptors (Lipinski definition) is 3. The molecule has 2 N–H and O–H groups in total. The Kier molecular flexibility index (Phi) is 5.42. The van der Waals surface area contributed by atoms with Crippen LogP contribution in [0.5, 0.6) is 0 Å². The highest BCUT2D eigenvalue weighted by atomic mass is 32.1. The highest BCUT2D eigenvalue weighted by Gasteiger charge is 2.27. The maximum atomic E-state index is 5.99. The first-order valence-corrected chi connectivity index (χ1v) is 7.15. The maximum absolute atomic E-state index is 5.99. The smallest absolute Gasteiger partial charge is 0.0934 e. The largest absolute Gasteiger partial charge is 0.330 e. The Labute approximate surface area is 103 Å². The Bertz CT molecular complexity index is 303. The lowest BCUT2D eigenvalue weighted by Crippen LogP contribution is -2.32. The van der Waals surface area contributed by atoms with Crippen molar-refractivity contribution in [3.63, 3.8) is 0 Å². The Hall–Kier alpha value is -0.410. The van der Waals surface area contributed by atoms with Crippen LogP contribution in [0.15, 0.2) is 5.38 Å². The minimum Gasteiger partial charge on any atom is -0.330 e. The number of nitrogens with two attached hydrogens (primary N) is 1. The monoisotopic (exact) mass is 240 g/mol. The quantitative estimate of drug-likeness (QED) is 0.791. The van der Waals surface area contributed by atoms with Gasteiger partial charge in [0.25, 0.3) is 0 Å². The van der Waals surface area contributed by atoms with E-state index < -0.39 is 0 Å². The third-order valence-corrected chi connectivity index (χ3v) is 4.40. The Morgan fingerprint density at radius 3 is 2.62 bits per heavy atom. The van der Waals surface area contributed by atoms with Gasteiger partial charge in [-0.2, -0.15) is 0 Å². The van der Waals surface area contributed by atoms with Crippen molar-refractivity contribution in [2.24, 2.45) is 11.1 Å². The van der Waals surface area contributed by atoms with E-state index in [1.54, 1.807) is 11.3 Å². The van der Waals surface area contributed by atoms with Gasteiger partial charge in [-0.15, -0.1) is 11.3 Å². The van der Waals surface area contributed by atoms with Gasteiger partial charge in [0.2, 0.25) is 0 Å². The van der Waals surface area contributed by atoms with Crippen molar-refractivity contribution < 1.29 is 0 Å². The first-order valence-electron chi connectivity index (χ1n) is 6.27. The summed E-state index contributed by atoms with van der Waals surface area (Å²) in [5, 5.41) is 3.38. The standard InChI is InChI=1S/C13H24N2S/c1-4-6-7-13(5-2,10-14)8-12-15-11(3)9-16-12/h9H,4-8,10,14H2,1-3H3. The van der Waals surface area contributed by atoms with E-state index in [0.29, 0.717) is 0 Å². The second-order valence-corrected chi connectivity index (χ2v) is 5.66. The van der Waals surface area contributed by atoms with Crippen LogP contribution in [-0.4, -0.2) is 11.5 Å². The SMILES string of the molecule is CCCCC(CC)(CN)Cc1nc(C)cs1. The van der Waals surface area contributed by atoms with Gasteiger partial charge in [-0.1, -0.05) is 26.7 Å². The Balaban J connectivity index is 2.69. The van der Waals surface area contributed by atoms with Crippen molar-refractivity contribution in [1.82, 2.24) is 4.98 Å². The van der Waals surface area contributed by atoms with E-state index in [4.69, 9.17) is 5.73 Å². The lowest BCUT2D eigenvalue weighted by Gasteiger charge is -2.30. The summed E-state index contributed by atoms with van der Waals surface area (Å²) in [4.78, 5) is 4.56. The molecule has 1 atom stereocenters. The fourth-order valence-corrected chi connectivity index (χ4v) is 3.01. The van der Waals surface area contributed by atoms with Crippen LogP contribution in [0.4, 0.5) is 0 Å². The van der Waals surface area contributed by atoms with Gasteiger partial charge in [0.1, 0.15) is 0 Å². The zero-order valence-corrected chi connectivity index (χ0v) is 11.6. The summed E-state index contributed by atoms with van der Waals surface area (Å²) in [6.07, 6.45) is 5.96. The number of rotatable bonds is 7. The van der Waals surface area contributed by atoms with E-state index in [2.05, 4.69) is 31.1 Å². The first-order chi connectivity index (χ1) is 7.65. The summed E-state index contributed by atoms with van der Waals surface area (Å²) >= 11 is 1.77. The van der Waals surface area contributed by atoms with Crippen LogP contribution < -0.4 is 5.73 Å². The van der Waals surface area contributed by atoms with Gasteiger partial charge in [-0.05, 0) is 31.7 Å². The molecule has 1 aromatic rings. The first kappa shape index (κ1) is 13.7. The summed E-state index contributed by atoms with van der Waals surface area (Å²) in [6, 6.07) is 0. The molecular formula is C13H24N2S. The topological polar surface area (TPSA) is 38.9 Å². The molecule has 0 radical (unpaired) electrons. The molecule has 0 bridgehead atoms. The van der Waals surface area contributed by atoms with Crippen molar-refractivity contribution in [3.8, 4) is 0 Å². The molecule has 92 valence electrons. The molecular weight excluding hydrogens is 216 g/mol. The number of hydrogen-bond donors (Lipinski definition) is 1. The van der Waals surface area contributed by atoms with Crippen molar-refractivity contribution >= 4 is 11.3 Å². The van der Waals surface area contributed by atoms with Gasteiger partial charge in [0, 0.05) is 17.5 Å². The molecule has 3 heteroatoms. The van der Waals surface area contributed by atoms with Crippen molar-refractivity contribution in [1.29, 1.82) is 0 Å². The molecule has 0 fully saturated rings. The number of thiazole rings is 1. The molecule has 2 nitrogen and oxygen atoms in total. The molecule has 1 unspecified atom stereocenters.